The van der Waals surface area contributed by atoms with Gasteiger partial charge < -0.3 is 5.32 Å². The Balaban J connectivity index is 1.89. The number of guanidine groups is 1. The van der Waals surface area contributed by atoms with E-state index in [-0.39, 0.29) is 5.91 Å². The van der Waals surface area contributed by atoms with Gasteiger partial charge in [0.1, 0.15) is 0 Å². The van der Waals surface area contributed by atoms with E-state index in [1.807, 2.05) is 67.9 Å². The zero-order valence-corrected chi connectivity index (χ0v) is 19.2. The van der Waals surface area contributed by atoms with E-state index >= 15 is 0 Å². The minimum Gasteiger partial charge on any atom is -0.326 e. The van der Waals surface area contributed by atoms with E-state index in [9.17, 15) is 4.79 Å². The van der Waals surface area contributed by atoms with Gasteiger partial charge in [-0.05, 0) is 73.5 Å². The number of nitrogens with one attached hydrogen (secondary N) is 2. The second-order valence-electron chi connectivity index (χ2n) is 7.06. The summed E-state index contributed by atoms with van der Waals surface area (Å²) in [6, 6.07) is 15.2. The van der Waals surface area contributed by atoms with Crippen LogP contribution in [0.4, 0.5) is 5.69 Å². The molecule has 0 atom stereocenters. The first-order chi connectivity index (χ1) is 14.4. The molecule has 0 spiro atoms. The van der Waals surface area contributed by atoms with Crippen molar-refractivity contribution in [3.63, 3.8) is 0 Å². The molecule has 0 radical (unpaired) electrons. The number of amides is 1. The number of anilines is 1. The van der Waals surface area contributed by atoms with Crippen LogP contribution in [-0.4, -0.2) is 21.6 Å². The highest BCUT2D eigenvalue weighted by Crippen LogP contribution is 2.17. The number of carbonyl (C=O) groups is 1. The van der Waals surface area contributed by atoms with Gasteiger partial charge in [0.05, 0.1) is 17.8 Å². The Labute approximate surface area is 185 Å². The molecule has 0 saturated heterocycles. The van der Waals surface area contributed by atoms with Gasteiger partial charge in [-0.15, -0.1) is 0 Å². The molecule has 0 bridgehead atoms. The fourth-order valence-electron chi connectivity index (χ4n) is 3.22. The first-order valence-electron chi connectivity index (χ1n) is 9.86. The lowest BCUT2D eigenvalue weighted by Crippen LogP contribution is -2.36. The molecule has 0 aliphatic heterocycles. The highest BCUT2D eigenvalue weighted by Gasteiger charge is 2.14. The molecular formula is C23H26BrN5O. The molecule has 156 valence electrons. The fraction of sp³-hybridized carbons (Fsp3) is 0.261. The number of rotatable bonds is 5. The number of nitrogens with zero attached hydrogens (tertiary/aromatic N) is 3. The molecule has 0 saturated carbocycles. The third-order valence-corrected chi connectivity index (χ3v) is 5.55. The van der Waals surface area contributed by atoms with E-state index in [0.29, 0.717) is 18.1 Å². The van der Waals surface area contributed by atoms with E-state index < -0.39 is 0 Å². The normalized spacial score (nSPS) is 11.4. The molecule has 30 heavy (non-hydrogen) atoms. The van der Waals surface area contributed by atoms with Crippen LogP contribution in [0.15, 0.2) is 58.0 Å². The van der Waals surface area contributed by atoms with E-state index in [0.717, 1.165) is 39.2 Å². The summed E-state index contributed by atoms with van der Waals surface area (Å²) in [4.78, 5) is 17.5. The Morgan fingerprint density at radius 1 is 1.13 bits per heavy atom. The summed E-state index contributed by atoms with van der Waals surface area (Å²) in [5.41, 5.74) is 5.63. The van der Waals surface area contributed by atoms with Crippen LogP contribution in [0, 0.1) is 20.8 Å². The summed E-state index contributed by atoms with van der Waals surface area (Å²) in [5, 5.41) is 10.7. The predicted molar refractivity (Wildman–Crippen MR) is 125 cm³/mol. The maximum Gasteiger partial charge on any atom is 0.259 e. The number of aliphatic imine (C=N–C) groups is 1. The highest BCUT2D eigenvalue weighted by molar-refractivity contribution is 9.10. The van der Waals surface area contributed by atoms with E-state index in [4.69, 9.17) is 0 Å². The number of aryl methyl sites for hydroxylation is 3. The summed E-state index contributed by atoms with van der Waals surface area (Å²) in [7, 11) is 0. The van der Waals surface area contributed by atoms with Gasteiger partial charge in [0, 0.05) is 28.0 Å². The molecule has 0 aliphatic carbocycles. The van der Waals surface area contributed by atoms with E-state index in [1.54, 1.807) is 6.07 Å². The standard InChI is InChI=1S/C23H26BrN5O/c1-5-29-17(4)20(16(3)28-29)14-25-23(26-18-10-8-9-15(2)13-18)27-22(30)19-11-6-7-12-21(19)24/h6-13H,5,14H2,1-4H3,(H2,25,26,27,30). The van der Waals surface area contributed by atoms with Crippen LogP contribution < -0.4 is 10.6 Å². The zero-order valence-electron chi connectivity index (χ0n) is 17.7. The Hall–Kier alpha value is -2.93. The lowest BCUT2D eigenvalue weighted by atomic mass is 10.2. The Bertz CT molecular complexity index is 1090. The van der Waals surface area contributed by atoms with Gasteiger partial charge in [-0.25, -0.2) is 4.99 Å². The van der Waals surface area contributed by atoms with Gasteiger partial charge in [-0.3, -0.25) is 14.8 Å². The van der Waals surface area contributed by atoms with Gasteiger partial charge in [0.15, 0.2) is 0 Å². The van der Waals surface area contributed by atoms with Crippen LogP contribution in [0.3, 0.4) is 0 Å². The van der Waals surface area contributed by atoms with Crippen molar-refractivity contribution in [1.82, 2.24) is 15.1 Å². The molecule has 3 aromatic rings. The number of hydrogen-bond donors (Lipinski definition) is 2. The van der Waals surface area contributed by atoms with Gasteiger partial charge >= 0.3 is 0 Å². The van der Waals surface area contributed by atoms with Crippen molar-refractivity contribution in [2.45, 2.75) is 40.8 Å². The van der Waals surface area contributed by atoms with Crippen molar-refractivity contribution >= 4 is 33.5 Å². The smallest absolute Gasteiger partial charge is 0.259 e. The second kappa shape index (κ2) is 9.71. The van der Waals surface area contributed by atoms with Crippen LogP contribution >= 0.6 is 15.9 Å². The minimum absolute atomic E-state index is 0.237. The van der Waals surface area contributed by atoms with Crippen molar-refractivity contribution in [3.05, 3.63) is 81.1 Å². The molecule has 0 unspecified atom stereocenters. The van der Waals surface area contributed by atoms with Gasteiger partial charge in [-0.2, -0.15) is 5.10 Å². The average Bonchev–Trinajstić information content (AvgIpc) is 2.99. The summed E-state index contributed by atoms with van der Waals surface area (Å²) in [6.07, 6.45) is 0. The van der Waals surface area contributed by atoms with Gasteiger partial charge in [0.25, 0.3) is 5.91 Å². The summed E-state index contributed by atoms with van der Waals surface area (Å²) in [6.45, 7) is 9.34. The second-order valence-corrected chi connectivity index (χ2v) is 7.91. The molecule has 1 heterocycles. The molecule has 0 aliphatic rings. The van der Waals surface area contributed by atoms with Crippen LogP contribution in [0.2, 0.25) is 0 Å². The molecule has 6 nitrogen and oxygen atoms in total. The van der Waals surface area contributed by atoms with Crippen molar-refractivity contribution in [2.75, 3.05) is 5.32 Å². The molecule has 2 aromatic carbocycles. The maximum atomic E-state index is 12.9. The lowest BCUT2D eigenvalue weighted by molar-refractivity contribution is 0.0976. The first-order valence-corrected chi connectivity index (χ1v) is 10.6. The summed E-state index contributed by atoms with van der Waals surface area (Å²) in [5.74, 6) is 0.156. The summed E-state index contributed by atoms with van der Waals surface area (Å²) < 4.78 is 2.70. The monoisotopic (exact) mass is 467 g/mol. The van der Waals surface area contributed by atoms with Gasteiger partial charge in [-0.1, -0.05) is 24.3 Å². The van der Waals surface area contributed by atoms with Crippen LogP contribution in [-0.2, 0) is 13.1 Å². The topological polar surface area (TPSA) is 71.3 Å². The van der Waals surface area contributed by atoms with Crippen LogP contribution in [0.5, 0.6) is 0 Å². The molecule has 7 heteroatoms. The third-order valence-electron chi connectivity index (χ3n) is 4.86. The molecule has 3 rings (SSSR count). The number of aromatic nitrogens is 2. The molecular weight excluding hydrogens is 442 g/mol. The zero-order chi connectivity index (χ0) is 21.7. The highest BCUT2D eigenvalue weighted by atomic mass is 79.9. The van der Waals surface area contributed by atoms with Crippen LogP contribution in [0.1, 0.15) is 39.8 Å². The van der Waals surface area contributed by atoms with Crippen molar-refractivity contribution in [1.29, 1.82) is 0 Å². The number of benzene rings is 2. The van der Waals surface area contributed by atoms with Crippen molar-refractivity contribution in [2.24, 2.45) is 4.99 Å². The fourth-order valence-corrected chi connectivity index (χ4v) is 3.68. The quantitative estimate of drug-likeness (QED) is 0.410. The Morgan fingerprint density at radius 2 is 1.90 bits per heavy atom. The maximum absolute atomic E-state index is 12.9. The van der Waals surface area contributed by atoms with Crippen LogP contribution in [0.25, 0.3) is 0 Å². The molecule has 0 fully saturated rings. The number of halogens is 1. The molecule has 1 amide bonds. The minimum atomic E-state index is -0.237. The van der Waals surface area contributed by atoms with E-state index in [2.05, 4.69) is 43.6 Å². The Kier molecular flexibility index (Phi) is 7.05. The largest absolute Gasteiger partial charge is 0.326 e. The van der Waals surface area contributed by atoms with Gasteiger partial charge in [0.2, 0.25) is 5.96 Å². The SMILES string of the molecule is CCn1nc(C)c(CN=C(NC(=O)c2ccccc2Br)Nc2cccc(C)c2)c1C. The van der Waals surface area contributed by atoms with Crippen molar-refractivity contribution < 1.29 is 4.79 Å². The summed E-state index contributed by atoms with van der Waals surface area (Å²) >= 11 is 3.44. The number of carbonyl (C=O) groups excluding carboxylic acids is 1. The first kappa shape index (κ1) is 21.8. The predicted octanol–water partition coefficient (Wildman–Crippen LogP) is 4.99. The average molecular weight is 468 g/mol. The molecule has 2 N–H and O–H groups in total. The van der Waals surface area contributed by atoms with Crippen molar-refractivity contribution in [3.8, 4) is 0 Å². The van der Waals surface area contributed by atoms with E-state index in [1.165, 1.54) is 0 Å². The third kappa shape index (κ3) is 5.16. The number of hydrogen-bond acceptors (Lipinski definition) is 3. The lowest BCUT2D eigenvalue weighted by Gasteiger charge is -2.13. The molecule has 1 aromatic heterocycles. The Morgan fingerprint density at radius 3 is 2.57 bits per heavy atom.